The molecule has 7 nitrogen and oxygen atoms in total. The zero-order valence-corrected chi connectivity index (χ0v) is 13.3. The van der Waals surface area contributed by atoms with E-state index in [2.05, 4.69) is 36.3 Å². The SMILES string of the molecule is CC(C)Oc1nc(NN)nc(OCc2cccc(Br)c2)n1. The average molecular weight is 354 g/mol. The highest BCUT2D eigenvalue weighted by molar-refractivity contribution is 9.10. The molecule has 0 aliphatic carbocycles. The fraction of sp³-hybridized carbons (Fsp3) is 0.308. The Kier molecular flexibility index (Phi) is 5.29. The third kappa shape index (κ3) is 4.83. The number of benzene rings is 1. The molecule has 0 spiro atoms. The van der Waals surface area contributed by atoms with Crippen molar-refractivity contribution in [2.45, 2.75) is 26.6 Å². The molecule has 1 aromatic carbocycles. The Morgan fingerprint density at radius 3 is 2.67 bits per heavy atom. The fourth-order valence-electron chi connectivity index (χ4n) is 1.51. The number of nitrogens with two attached hydrogens (primary N) is 1. The van der Waals surface area contributed by atoms with Crippen molar-refractivity contribution in [1.29, 1.82) is 0 Å². The minimum atomic E-state index is -0.0593. The van der Waals surface area contributed by atoms with Crippen molar-refractivity contribution < 1.29 is 9.47 Å². The Morgan fingerprint density at radius 1 is 1.24 bits per heavy atom. The standard InChI is InChI=1S/C13H16BrN5O2/c1-8(2)21-13-17-11(19-15)16-12(18-13)20-7-9-4-3-5-10(14)6-9/h3-6,8H,7,15H2,1-2H3,(H,16,17,18,19). The van der Waals surface area contributed by atoms with E-state index in [1.54, 1.807) is 0 Å². The first kappa shape index (κ1) is 15.5. The zero-order chi connectivity index (χ0) is 15.2. The number of rotatable bonds is 6. The van der Waals surface area contributed by atoms with Crippen molar-refractivity contribution in [3.63, 3.8) is 0 Å². The van der Waals surface area contributed by atoms with Crippen molar-refractivity contribution in [3.05, 3.63) is 34.3 Å². The Morgan fingerprint density at radius 2 is 2.00 bits per heavy atom. The van der Waals surface area contributed by atoms with Crippen LogP contribution in [0.4, 0.5) is 5.95 Å². The molecule has 0 aliphatic heterocycles. The minimum Gasteiger partial charge on any atom is -0.461 e. The van der Waals surface area contributed by atoms with Crippen LogP contribution in [0.15, 0.2) is 28.7 Å². The van der Waals surface area contributed by atoms with Crippen LogP contribution in [0.1, 0.15) is 19.4 Å². The van der Waals surface area contributed by atoms with Gasteiger partial charge in [-0.15, -0.1) is 4.98 Å². The summed E-state index contributed by atoms with van der Waals surface area (Å²) >= 11 is 3.41. The summed E-state index contributed by atoms with van der Waals surface area (Å²) < 4.78 is 12.0. The maximum absolute atomic E-state index is 5.55. The lowest BCUT2D eigenvalue weighted by Crippen LogP contribution is -2.15. The Hall–Kier alpha value is -1.93. The number of aromatic nitrogens is 3. The van der Waals surface area contributed by atoms with Gasteiger partial charge in [0.1, 0.15) is 6.61 Å². The van der Waals surface area contributed by atoms with Crippen LogP contribution in [0.25, 0.3) is 0 Å². The van der Waals surface area contributed by atoms with Crippen molar-refractivity contribution in [3.8, 4) is 12.0 Å². The smallest absolute Gasteiger partial charge is 0.324 e. The van der Waals surface area contributed by atoms with Gasteiger partial charge in [0.05, 0.1) is 6.10 Å². The van der Waals surface area contributed by atoms with E-state index in [4.69, 9.17) is 15.3 Å². The van der Waals surface area contributed by atoms with Crippen molar-refractivity contribution in [1.82, 2.24) is 15.0 Å². The van der Waals surface area contributed by atoms with Gasteiger partial charge in [-0.25, -0.2) is 5.84 Å². The van der Waals surface area contributed by atoms with Gasteiger partial charge >= 0.3 is 12.0 Å². The molecule has 0 saturated heterocycles. The molecule has 2 rings (SSSR count). The van der Waals surface area contributed by atoms with Crippen molar-refractivity contribution in [2.24, 2.45) is 5.84 Å². The average Bonchev–Trinajstić information content (AvgIpc) is 2.44. The van der Waals surface area contributed by atoms with E-state index in [0.29, 0.717) is 6.61 Å². The maximum atomic E-state index is 5.55. The lowest BCUT2D eigenvalue weighted by atomic mass is 10.2. The molecule has 0 radical (unpaired) electrons. The quantitative estimate of drug-likeness (QED) is 0.607. The van der Waals surface area contributed by atoms with Gasteiger partial charge in [-0.2, -0.15) is 9.97 Å². The van der Waals surface area contributed by atoms with Crippen LogP contribution >= 0.6 is 15.9 Å². The van der Waals surface area contributed by atoms with Gasteiger partial charge in [0.25, 0.3) is 0 Å². The molecule has 8 heteroatoms. The summed E-state index contributed by atoms with van der Waals surface area (Å²) in [6.07, 6.45) is -0.0593. The first-order chi connectivity index (χ1) is 10.1. The van der Waals surface area contributed by atoms with Crippen molar-refractivity contribution in [2.75, 3.05) is 5.43 Å². The number of nitrogens with one attached hydrogen (secondary N) is 1. The summed E-state index contributed by atoms with van der Waals surface area (Å²) in [6.45, 7) is 4.08. The first-order valence-electron chi connectivity index (χ1n) is 6.33. The molecule has 0 unspecified atom stereocenters. The van der Waals surface area contributed by atoms with E-state index in [9.17, 15) is 0 Å². The van der Waals surface area contributed by atoms with Gasteiger partial charge in [0.2, 0.25) is 5.95 Å². The number of hydrogen-bond acceptors (Lipinski definition) is 7. The second-order valence-corrected chi connectivity index (χ2v) is 5.37. The molecule has 0 saturated carbocycles. The van der Waals surface area contributed by atoms with Crippen LogP contribution in [0.5, 0.6) is 12.0 Å². The highest BCUT2D eigenvalue weighted by atomic mass is 79.9. The molecule has 0 aliphatic rings. The lowest BCUT2D eigenvalue weighted by Gasteiger charge is -2.10. The van der Waals surface area contributed by atoms with Crippen LogP contribution in [0.3, 0.4) is 0 Å². The summed E-state index contributed by atoms with van der Waals surface area (Å²) in [6, 6.07) is 8.08. The monoisotopic (exact) mass is 353 g/mol. The predicted octanol–water partition coefficient (Wildman–Crippen LogP) is 2.29. The van der Waals surface area contributed by atoms with Gasteiger partial charge in [-0.05, 0) is 31.5 Å². The molecule has 1 heterocycles. The normalized spacial score (nSPS) is 10.5. The number of anilines is 1. The summed E-state index contributed by atoms with van der Waals surface area (Å²) in [5.74, 6) is 5.51. The van der Waals surface area contributed by atoms with Gasteiger partial charge in [0.15, 0.2) is 0 Å². The molecule has 1 aromatic heterocycles. The number of hydrazine groups is 1. The van der Waals surface area contributed by atoms with E-state index in [0.717, 1.165) is 10.0 Å². The summed E-state index contributed by atoms with van der Waals surface area (Å²) in [7, 11) is 0. The van der Waals surface area contributed by atoms with Crippen LogP contribution in [0.2, 0.25) is 0 Å². The van der Waals surface area contributed by atoms with Gasteiger partial charge in [-0.3, -0.25) is 5.43 Å². The molecule has 0 fully saturated rings. The van der Waals surface area contributed by atoms with E-state index >= 15 is 0 Å². The molecule has 3 N–H and O–H groups in total. The fourth-order valence-corrected chi connectivity index (χ4v) is 1.95. The Balaban J connectivity index is 2.11. The minimum absolute atomic E-state index is 0.0593. The summed E-state index contributed by atoms with van der Waals surface area (Å²) in [5.41, 5.74) is 3.34. The maximum Gasteiger partial charge on any atom is 0.324 e. The van der Waals surface area contributed by atoms with Gasteiger partial charge < -0.3 is 9.47 Å². The summed E-state index contributed by atoms with van der Waals surface area (Å²) in [4.78, 5) is 12.1. The topological polar surface area (TPSA) is 95.2 Å². The number of nitrogens with zero attached hydrogens (tertiary/aromatic N) is 3. The number of halogens is 1. The molecule has 21 heavy (non-hydrogen) atoms. The third-order valence-corrected chi connectivity index (χ3v) is 2.81. The van der Waals surface area contributed by atoms with E-state index in [1.807, 2.05) is 38.1 Å². The van der Waals surface area contributed by atoms with Gasteiger partial charge in [-0.1, -0.05) is 28.1 Å². The highest BCUT2D eigenvalue weighted by Gasteiger charge is 2.09. The zero-order valence-electron chi connectivity index (χ0n) is 11.7. The first-order valence-corrected chi connectivity index (χ1v) is 7.12. The van der Waals surface area contributed by atoms with Crippen LogP contribution < -0.4 is 20.7 Å². The lowest BCUT2D eigenvalue weighted by molar-refractivity contribution is 0.211. The molecule has 112 valence electrons. The molecule has 0 bridgehead atoms. The van der Waals surface area contributed by atoms with Crippen LogP contribution in [0, 0.1) is 0 Å². The van der Waals surface area contributed by atoms with Crippen LogP contribution in [-0.2, 0) is 6.61 Å². The number of nitrogen functional groups attached to an aromatic ring is 1. The molecule has 2 aromatic rings. The summed E-state index contributed by atoms with van der Waals surface area (Å²) in [5, 5.41) is 0. The molecular weight excluding hydrogens is 338 g/mol. The van der Waals surface area contributed by atoms with Crippen LogP contribution in [-0.4, -0.2) is 21.1 Å². The predicted molar refractivity (Wildman–Crippen MR) is 81.9 cm³/mol. The second-order valence-electron chi connectivity index (χ2n) is 4.45. The van der Waals surface area contributed by atoms with E-state index < -0.39 is 0 Å². The van der Waals surface area contributed by atoms with Gasteiger partial charge in [0, 0.05) is 4.47 Å². The number of hydrogen-bond donors (Lipinski definition) is 2. The Bertz CT molecular complexity index is 609. The van der Waals surface area contributed by atoms with E-state index in [1.165, 1.54) is 0 Å². The molecule has 0 amide bonds. The van der Waals surface area contributed by atoms with E-state index in [-0.39, 0.29) is 24.1 Å². The largest absolute Gasteiger partial charge is 0.461 e. The molecule has 0 atom stereocenters. The highest BCUT2D eigenvalue weighted by Crippen LogP contribution is 2.16. The number of ether oxygens (including phenoxy) is 2. The molecular formula is C13H16BrN5O2. The Labute approximate surface area is 131 Å². The van der Waals surface area contributed by atoms with Crippen molar-refractivity contribution >= 4 is 21.9 Å². The third-order valence-electron chi connectivity index (χ3n) is 2.32. The second kappa shape index (κ2) is 7.19.